The fraction of sp³-hybridized carbons (Fsp3) is 0.333. The highest BCUT2D eigenvalue weighted by Gasteiger charge is 2.20. The van der Waals surface area contributed by atoms with Crippen LogP contribution in [0.3, 0.4) is 0 Å². The van der Waals surface area contributed by atoms with Crippen LogP contribution in [0.2, 0.25) is 0 Å². The normalized spacial score (nSPS) is 11.9. The van der Waals surface area contributed by atoms with Crippen molar-refractivity contribution in [3.05, 3.63) is 41.3 Å². The van der Waals surface area contributed by atoms with E-state index in [1.165, 1.54) is 0 Å². The lowest BCUT2D eigenvalue weighted by molar-refractivity contribution is 0.298. The Bertz CT molecular complexity index is 373. The Labute approximate surface area is 114 Å². The Morgan fingerprint density at radius 2 is 1.63 bits per heavy atom. The van der Waals surface area contributed by atoms with Gasteiger partial charge >= 0.3 is 7.25 Å². The van der Waals surface area contributed by atoms with Gasteiger partial charge in [0.1, 0.15) is 12.5 Å². The Balaban J connectivity index is 0.000000555. The molecule has 1 rings (SSSR count). The van der Waals surface area contributed by atoms with Crippen LogP contribution in [0.5, 0.6) is 0 Å². The summed E-state index contributed by atoms with van der Waals surface area (Å²) in [6.45, 7) is 2.73. The molecule has 0 saturated heterocycles. The largest absolute Gasteiger partial charge is 0.673 e. The smallest absolute Gasteiger partial charge is 0.489 e. The molecule has 108 valence electrons. The van der Waals surface area contributed by atoms with Crippen molar-refractivity contribution in [1.29, 1.82) is 0 Å². The molecule has 0 bridgehead atoms. The van der Waals surface area contributed by atoms with E-state index in [2.05, 4.69) is 30.1 Å². The molecular weight excluding hydrogens is 279 g/mol. The van der Waals surface area contributed by atoms with Crippen molar-refractivity contribution in [2.24, 2.45) is 0 Å². The highest BCUT2D eigenvalue weighted by molar-refractivity contribution is 7.98. The third kappa shape index (κ3) is 11.7. The Kier molecular flexibility index (Phi) is 8.39. The summed E-state index contributed by atoms with van der Waals surface area (Å²) >= 11 is 0. The van der Waals surface area contributed by atoms with Gasteiger partial charge in [0.05, 0.1) is 6.61 Å². The highest BCUT2D eigenvalue weighted by atomic mass is 32.2. The molecule has 19 heavy (non-hydrogen) atoms. The van der Waals surface area contributed by atoms with Crippen molar-refractivity contribution in [3.63, 3.8) is 0 Å². The molecule has 7 heteroatoms. The highest BCUT2D eigenvalue weighted by Crippen LogP contribution is 2.16. The van der Waals surface area contributed by atoms with Crippen LogP contribution in [0.25, 0.3) is 5.76 Å². The van der Waals surface area contributed by atoms with Crippen LogP contribution in [0.15, 0.2) is 35.7 Å². The average molecular weight is 296 g/mol. The maximum Gasteiger partial charge on any atom is 0.673 e. The lowest BCUT2D eigenvalue weighted by atomic mass is 10.2. The summed E-state index contributed by atoms with van der Waals surface area (Å²) in [6.07, 6.45) is 4.36. The van der Waals surface area contributed by atoms with Gasteiger partial charge in [0.2, 0.25) is 0 Å². The molecule has 0 aliphatic rings. The van der Waals surface area contributed by atoms with Gasteiger partial charge in [0, 0.05) is 16.5 Å². The predicted molar refractivity (Wildman–Crippen MR) is 75.4 cm³/mol. The van der Waals surface area contributed by atoms with Crippen molar-refractivity contribution in [3.8, 4) is 0 Å². The molecule has 1 aromatic carbocycles. The summed E-state index contributed by atoms with van der Waals surface area (Å²) in [7, 11) is -5.73. The summed E-state index contributed by atoms with van der Waals surface area (Å²) in [5.41, 5.74) is 1.16. The molecule has 0 aliphatic heterocycles. The van der Waals surface area contributed by atoms with E-state index >= 15 is 0 Å². The lowest BCUT2D eigenvalue weighted by Crippen LogP contribution is -2.02. The summed E-state index contributed by atoms with van der Waals surface area (Å²) in [6, 6.07) is 10.2. The van der Waals surface area contributed by atoms with E-state index < -0.39 is 7.25 Å². The van der Waals surface area contributed by atoms with Crippen LogP contribution < -0.4 is 0 Å². The van der Waals surface area contributed by atoms with Crippen LogP contribution in [0, 0.1) is 0 Å². The van der Waals surface area contributed by atoms with Gasteiger partial charge in [-0.2, -0.15) is 0 Å². The first kappa shape index (κ1) is 17.9. The molecule has 0 amide bonds. The molecule has 0 spiro atoms. The number of ether oxygens (including phenoxy) is 1. The molecule has 0 N–H and O–H groups in total. The fourth-order valence-corrected chi connectivity index (χ4v) is 1.79. The molecule has 0 saturated carbocycles. The Morgan fingerprint density at radius 1 is 1.16 bits per heavy atom. The van der Waals surface area contributed by atoms with Crippen molar-refractivity contribution in [2.75, 3.05) is 19.1 Å². The molecule has 1 nitrogen and oxygen atoms in total. The standard InChI is InChI=1S/C12H17OS.BF4/c1-4-13-12(10-14(2)3)11-8-6-5-7-9-11;2-1(3,4)5/h5-10H,4H2,1-3H3;/q+1;-1/b12-10+;. The first-order chi connectivity index (χ1) is 8.74. The summed E-state index contributed by atoms with van der Waals surface area (Å²) in [5.74, 6) is 1.00. The minimum absolute atomic E-state index is 0.265. The van der Waals surface area contributed by atoms with Gasteiger partial charge < -0.3 is 22.0 Å². The van der Waals surface area contributed by atoms with Crippen LogP contribution in [0.4, 0.5) is 17.3 Å². The van der Waals surface area contributed by atoms with Crippen molar-refractivity contribution >= 4 is 23.9 Å². The molecule has 1 aromatic rings. The zero-order valence-corrected chi connectivity index (χ0v) is 11.9. The van der Waals surface area contributed by atoms with E-state index in [0.29, 0.717) is 0 Å². The van der Waals surface area contributed by atoms with Gasteiger partial charge in [-0.25, -0.2) is 0 Å². The van der Waals surface area contributed by atoms with Crippen LogP contribution in [-0.2, 0) is 15.6 Å². The number of halogens is 4. The van der Waals surface area contributed by atoms with E-state index in [-0.39, 0.29) is 10.9 Å². The molecule has 0 atom stereocenters. The van der Waals surface area contributed by atoms with Crippen LogP contribution >= 0.6 is 0 Å². The molecule has 0 aromatic heterocycles. The van der Waals surface area contributed by atoms with Gasteiger partial charge in [0.25, 0.3) is 0 Å². The number of rotatable bonds is 4. The van der Waals surface area contributed by atoms with Gasteiger partial charge in [0.15, 0.2) is 11.2 Å². The molecule has 0 fully saturated rings. The minimum atomic E-state index is -6.00. The maximum absolute atomic E-state index is 9.75. The Hall–Kier alpha value is -1.11. The third-order valence-corrected chi connectivity index (χ3v) is 2.39. The summed E-state index contributed by atoms with van der Waals surface area (Å²) < 4.78 is 44.6. The van der Waals surface area contributed by atoms with Gasteiger partial charge in [-0.3, -0.25) is 0 Å². The second-order valence-electron chi connectivity index (χ2n) is 3.66. The second kappa shape index (κ2) is 8.90. The Morgan fingerprint density at radius 3 is 2.00 bits per heavy atom. The lowest BCUT2D eigenvalue weighted by Gasteiger charge is -2.06. The van der Waals surface area contributed by atoms with E-state index in [9.17, 15) is 17.3 Å². The number of hydrogen-bond acceptors (Lipinski definition) is 1. The van der Waals surface area contributed by atoms with Gasteiger partial charge in [-0.15, -0.1) is 0 Å². The molecular formula is C12H17BF4OS. The van der Waals surface area contributed by atoms with Gasteiger partial charge in [-0.05, 0) is 6.92 Å². The summed E-state index contributed by atoms with van der Waals surface area (Å²) in [5, 5.41) is 2.18. The zero-order chi connectivity index (χ0) is 14.9. The van der Waals surface area contributed by atoms with Crippen molar-refractivity contribution in [2.45, 2.75) is 6.92 Å². The van der Waals surface area contributed by atoms with Crippen LogP contribution in [0.1, 0.15) is 12.5 Å². The number of benzene rings is 1. The first-order valence-corrected chi connectivity index (χ1v) is 7.68. The van der Waals surface area contributed by atoms with Crippen LogP contribution in [-0.4, -0.2) is 26.4 Å². The van der Waals surface area contributed by atoms with E-state index in [1.807, 2.05) is 25.1 Å². The minimum Gasteiger partial charge on any atom is -0.489 e. The predicted octanol–water partition coefficient (Wildman–Crippen LogP) is 4.20. The van der Waals surface area contributed by atoms with Crippen molar-refractivity contribution in [1.82, 2.24) is 0 Å². The topological polar surface area (TPSA) is 9.23 Å². The van der Waals surface area contributed by atoms with Gasteiger partial charge in [-0.1, -0.05) is 30.3 Å². The average Bonchev–Trinajstić information content (AvgIpc) is 2.27. The zero-order valence-electron chi connectivity index (χ0n) is 11.1. The van der Waals surface area contributed by atoms with E-state index in [1.54, 1.807) is 0 Å². The molecule has 0 radical (unpaired) electrons. The SMILES string of the molecule is CCO/C(=C/[S+](C)C)c1ccccc1.F[B-](F)(F)F. The summed E-state index contributed by atoms with van der Waals surface area (Å²) in [4.78, 5) is 0. The molecule has 0 aliphatic carbocycles. The fourth-order valence-electron chi connectivity index (χ4n) is 1.16. The van der Waals surface area contributed by atoms with Crippen molar-refractivity contribution < 1.29 is 22.0 Å². The quantitative estimate of drug-likeness (QED) is 0.350. The molecule has 0 heterocycles. The third-order valence-electron chi connectivity index (χ3n) is 1.70. The number of hydrogen-bond donors (Lipinski definition) is 0. The monoisotopic (exact) mass is 296 g/mol. The van der Waals surface area contributed by atoms with E-state index in [4.69, 9.17) is 4.74 Å². The maximum atomic E-state index is 9.75. The second-order valence-corrected chi connectivity index (χ2v) is 5.65. The first-order valence-electron chi connectivity index (χ1n) is 5.57. The van der Waals surface area contributed by atoms with E-state index in [0.717, 1.165) is 17.9 Å². The molecule has 0 unspecified atom stereocenters.